The lowest BCUT2D eigenvalue weighted by Crippen LogP contribution is -2.13. The van der Waals surface area contributed by atoms with E-state index in [0.717, 1.165) is 22.5 Å². The molecule has 1 aliphatic rings. The molecule has 0 saturated heterocycles. The van der Waals surface area contributed by atoms with Crippen LogP contribution in [0.3, 0.4) is 0 Å². The van der Waals surface area contributed by atoms with Crippen molar-refractivity contribution in [2.75, 3.05) is 11.9 Å². The number of hydrogen-bond donors (Lipinski definition) is 0. The monoisotopic (exact) mass is 235 g/mol. The maximum atomic E-state index is 12.3. The van der Waals surface area contributed by atoms with Crippen LogP contribution in [0, 0.1) is 0 Å². The highest BCUT2D eigenvalue weighted by atomic mass is 16.1. The van der Waals surface area contributed by atoms with Gasteiger partial charge in [0.25, 0.3) is 0 Å². The minimum Gasteiger partial charge on any atom is -0.341 e. The summed E-state index contributed by atoms with van der Waals surface area (Å²) in [6.45, 7) is 0. The standard InChI is InChI=1S/C16H13NO/c1-17-14-10-6-5-9-13(14)16(18)15(17)11-12-7-3-2-4-8-12/h2-11H,1H3/b15-11-. The van der Waals surface area contributed by atoms with E-state index in [1.165, 1.54) is 0 Å². The number of rotatable bonds is 1. The number of benzene rings is 2. The summed E-state index contributed by atoms with van der Waals surface area (Å²) in [7, 11) is 1.93. The molecule has 18 heavy (non-hydrogen) atoms. The fourth-order valence-electron chi connectivity index (χ4n) is 2.25. The number of anilines is 1. The van der Waals surface area contributed by atoms with Crippen molar-refractivity contribution >= 4 is 17.5 Å². The average Bonchev–Trinajstić information content (AvgIpc) is 2.66. The molecule has 88 valence electrons. The average molecular weight is 235 g/mol. The Bertz CT molecular complexity index is 629. The van der Waals surface area contributed by atoms with Crippen molar-refractivity contribution in [3.63, 3.8) is 0 Å². The first kappa shape index (κ1) is 10.8. The second-order valence-corrected chi connectivity index (χ2v) is 4.35. The second kappa shape index (κ2) is 4.15. The van der Waals surface area contributed by atoms with Crippen LogP contribution in [-0.2, 0) is 0 Å². The summed E-state index contributed by atoms with van der Waals surface area (Å²) in [5, 5.41) is 0. The molecule has 1 heterocycles. The highest BCUT2D eigenvalue weighted by Crippen LogP contribution is 2.33. The molecular formula is C16H13NO. The minimum atomic E-state index is 0.0944. The smallest absolute Gasteiger partial charge is 0.211 e. The van der Waals surface area contributed by atoms with Crippen LogP contribution in [0.25, 0.3) is 6.08 Å². The maximum absolute atomic E-state index is 12.3. The third-order valence-corrected chi connectivity index (χ3v) is 3.21. The molecule has 2 aromatic carbocycles. The fourth-order valence-corrected chi connectivity index (χ4v) is 2.25. The molecule has 0 fully saturated rings. The topological polar surface area (TPSA) is 20.3 Å². The summed E-state index contributed by atoms with van der Waals surface area (Å²) in [5.41, 5.74) is 3.52. The van der Waals surface area contributed by atoms with Crippen molar-refractivity contribution in [3.05, 3.63) is 71.4 Å². The fraction of sp³-hybridized carbons (Fsp3) is 0.0625. The van der Waals surface area contributed by atoms with Gasteiger partial charge in [-0.05, 0) is 23.8 Å². The summed E-state index contributed by atoms with van der Waals surface area (Å²) < 4.78 is 0. The predicted octanol–water partition coefficient (Wildman–Crippen LogP) is 3.36. The number of carbonyl (C=O) groups excluding carboxylic acids is 1. The van der Waals surface area contributed by atoms with E-state index in [-0.39, 0.29) is 5.78 Å². The number of allylic oxidation sites excluding steroid dienone is 1. The van der Waals surface area contributed by atoms with E-state index in [4.69, 9.17) is 0 Å². The molecule has 0 radical (unpaired) electrons. The van der Waals surface area contributed by atoms with E-state index in [9.17, 15) is 4.79 Å². The number of likely N-dealkylation sites (N-methyl/N-ethyl adjacent to an activating group) is 1. The summed E-state index contributed by atoms with van der Waals surface area (Å²) in [5.74, 6) is 0.0944. The van der Waals surface area contributed by atoms with Gasteiger partial charge in [-0.1, -0.05) is 42.5 Å². The van der Waals surface area contributed by atoms with Gasteiger partial charge >= 0.3 is 0 Å². The van der Waals surface area contributed by atoms with Crippen molar-refractivity contribution in [2.45, 2.75) is 0 Å². The van der Waals surface area contributed by atoms with Crippen molar-refractivity contribution in [3.8, 4) is 0 Å². The summed E-state index contributed by atoms with van der Waals surface area (Å²) in [6.07, 6.45) is 1.93. The van der Waals surface area contributed by atoms with E-state index in [1.54, 1.807) is 0 Å². The van der Waals surface area contributed by atoms with E-state index in [0.29, 0.717) is 0 Å². The summed E-state index contributed by atoms with van der Waals surface area (Å²) >= 11 is 0. The molecule has 0 N–H and O–H groups in total. The molecule has 0 saturated carbocycles. The lowest BCUT2D eigenvalue weighted by Gasteiger charge is -2.13. The van der Waals surface area contributed by atoms with Gasteiger partial charge in [0.15, 0.2) is 0 Å². The van der Waals surface area contributed by atoms with Crippen LogP contribution in [-0.4, -0.2) is 12.8 Å². The molecule has 0 spiro atoms. The van der Waals surface area contributed by atoms with Crippen LogP contribution < -0.4 is 4.90 Å². The van der Waals surface area contributed by atoms with Gasteiger partial charge in [-0.25, -0.2) is 0 Å². The Morgan fingerprint density at radius 1 is 0.944 bits per heavy atom. The van der Waals surface area contributed by atoms with Crippen molar-refractivity contribution < 1.29 is 4.79 Å². The first-order chi connectivity index (χ1) is 8.77. The molecule has 0 amide bonds. The second-order valence-electron chi connectivity index (χ2n) is 4.35. The summed E-state index contributed by atoms with van der Waals surface area (Å²) in [6, 6.07) is 17.6. The van der Waals surface area contributed by atoms with Gasteiger partial charge < -0.3 is 4.90 Å². The zero-order valence-electron chi connectivity index (χ0n) is 10.1. The van der Waals surface area contributed by atoms with Gasteiger partial charge in [0.05, 0.1) is 11.4 Å². The molecule has 2 nitrogen and oxygen atoms in total. The third-order valence-electron chi connectivity index (χ3n) is 3.21. The first-order valence-corrected chi connectivity index (χ1v) is 5.91. The molecule has 1 aliphatic heterocycles. The van der Waals surface area contributed by atoms with E-state index < -0.39 is 0 Å². The van der Waals surface area contributed by atoms with Crippen molar-refractivity contribution in [1.29, 1.82) is 0 Å². The van der Waals surface area contributed by atoms with Gasteiger partial charge in [-0.15, -0.1) is 0 Å². The van der Waals surface area contributed by atoms with Gasteiger partial charge in [0.2, 0.25) is 5.78 Å². The molecule has 2 heteroatoms. The Labute approximate surface area is 106 Å². The summed E-state index contributed by atoms with van der Waals surface area (Å²) in [4.78, 5) is 14.3. The van der Waals surface area contributed by atoms with Gasteiger partial charge in [0, 0.05) is 12.6 Å². The highest BCUT2D eigenvalue weighted by Gasteiger charge is 2.28. The van der Waals surface area contributed by atoms with Crippen LogP contribution in [0.15, 0.2) is 60.3 Å². The van der Waals surface area contributed by atoms with Crippen LogP contribution in [0.1, 0.15) is 15.9 Å². The Morgan fingerprint density at radius 3 is 2.33 bits per heavy atom. The Kier molecular flexibility index (Phi) is 2.49. The van der Waals surface area contributed by atoms with Crippen LogP contribution in [0.4, 0.5) is 5.69 Å². The minimum absolute atomic E-state index is 0.0944. The van der Waals surface area contributed by atoms with Crippen LogP contribution in [0.5, 0.6) is 0 Å². The normalized spacial score (nSPS) is 16.2. The molecular weight excluding hydrogens is 222 g/mol. The van der Waals surface area contributed by atoms with E-state index in [1.807, 2.05) is 72.6 Å². The lowest BCUT2D eigenvalue weighted by molar-refractivity contribution is 0.104. The number of carbonyl (C=O) groups is 1. The van der Waals surface area contributed by atoms with Crippen molar-refractivity contribution in [2.24, 2.45) is 0 Å². The molecule has 0 unspecified atom stereocenters. The highest BCUT2D eigenvalue weighted by molar-refractivity contribution is 6.21. The first-order valence-electron chi connectivity index (χ1n) is 5.91. The number of fused-ring (bicyclic) bond motifs is 1. The SMILES string of the molecule is CN1/C(=C\c2ccccc2)C(=O)c2ccccc21. The Hall–Kier alpha value is -2.35. The Balaban J connectivity index is 2.07. The van der Waals surface area contributed by atoms with Gasteiger partial charge in [0.1, 0.15) is 0 Å². The van der Waals surface area contributed by atoms with Crippen LogP contribution >= 0.6 is 0 Å². The lowest BCUT2D eigenvalue weighted by atomic mass is 10.1. The zero-order valence-corrected chi connectivity index (χ0v) is 10.1. The molecule has 0 aromatic heterocycles. The molecule has 3 rings (SSSR count). The number of nitrogens with zero attached hydrogens (tertiary/aromatic N) is 1. The quantitative estimate of drug-likeness (QED) is 0.706. The number of hydrogen-bond acceptors (Lipinski definition) is 2. The van der Waals surface area contributed by atoms with Crippen LogP contribution in [0.2, 0.25) is 0 Å². The molecule has 0 bridgehead atoms. The number of para-hydroxylation sites is 1. The van der Waals surface area contributed by atoms with Gasteiger partial charge in [-0.2, -0.15) is 0 Å². The molecule has 2 aromatic rings. The van der Waals surface area contributed by atoms with E-state index >= 15 is 0 Å². The molecule has 0 aliphatic carbocycles. The predicted molar refractivity (Wildman–Crippen MR) is 73.6 cm³/mol. The van der Waals surface area contributed by atoms with Crippen molar-refractivity contribution in [1.82, 2.24) is 0 Å². The maximum Gasteiger partial charge on any atom is 0.211 e. The number of Topliss-reactive ketones (excluding diaryl/α,β-unsaturated/α-hetero) is 1. The Morgan fingerprint density at radius 2 is 1.61 bits per heavy atom. The van der Waals surface area contributed by atoms with Gasteiger partial charge in [-0.3, -0.25) is 4.79 Å². The molecule has 0 atom stereocenters. The largest absolute Gasteiger partial charge is 0.341 e. The third kappa shape index (κ3) is 1.63. The number of ketones is 1. The van der Waals surface area contributed by atoms with E-state index in [2.05, 4.69) is 0 Å². The zero-order chi connectivity index (χ0) is 12.5.